The summed E-state index contributed by atoms with van der Waals surface area (Å²) in [5.74, 6) is 0.920. The molecule has 134 valence electrons. The largest absolute Gasteiger partial charge is 0.488 e. The third kappa shape index (κ3) is 5.38. The number of hydrogen-bond donors (Lipinski definition) is 1. The smallest absolute Gasteiger partial charge is 0.126 e. The van der Waals surface area contributed by atoms with Gasteiger partial charge in [-0.05, 0) is 37.5 Å². The molecule has 1 atom stereocenters. The standard InChI is InChI=1S/C22H28O2S/c1-5-6-11-21-19(10-8-15-23-4)17(2)20(16-24-21)18-9-7-13-22(3,25)14-12-18/h6-14,25H,5,15-16H2,1-4H3/b10-8-,11-6-. The van der Waals surface area contributed by atoms with Crippen LogP contribution in [0.15, 0.2) is 82.7 Å². The molecule has 0 amide bonds. The summed E-state index contributed by atoms with van der Waals surface area (Å²) in [5.41, 5.74) is 4.72. The van der Waals surface area contributed by atoms with Crippen LogP contribution in [0.1, 0.15) is 27.2 Å². The van der Waals surface area contributed by atoms with E-state index in [0.717, 1.165) is 17.8 Å². The van der Waals surface area contributed by atoms with E-state index in [1.165, 1.54) is 16.7 Å². The van der Waals surface area contributed by atoms with Gasteiger partial charge in [-0.25, -0.2) is 0 Å². The van der Waals surface area contributed by atoms with Gasteiger partial charge in [0.25, 0.3) is 0 Å². The Morgan fingerprint density at radius 1 is 1.28 bits per heavy atom. The van der Waals surface area contributed by atoms with Crippen LogP contribution in [0.3, 0.4) is 0 Å². The fraction of sp³-hybridized carbons (Fsp3) is 0.364. The third-order valence-electron chi connectivity index (χ3n) is 4.20. The van der Waals surface area contributed by atoms with Crippen LogP contribution in [0, 0.1) is 0 Å². The molecule has 0 radical (unpaired) electrons. The third-order valence-corrected chi connectivity index (χ3v) is 4.50. The molecule has 0 aromatic heterocycles. The van der Waals surface area contributed by atoms with Gasteiger partial charge in [-0.15, -0.1) is 0 Å². The average molecular weight is 357 g/mol. The van der Waals surface area contributed by atoms with Crippen LogP contribution in [0.25, 0.3) is 0 Å². The molecule has 0 aromatic rings. The van der Waals surface area contributed by atoms with E-state index in [0.29, 0.717) is 13.2 Å². The Kier molecular flexibility index (Phi) is 7.15. The van der Waals surface area contributed by atoms with Gasteiger partial charge in [0.1, 0.15) is 12.4 Å². The minimum atomic E-state index is -0.228. The average Bonchev–Trinajstić information content (AvgIpc) is 2.76. The van der Waals surface area contributed by atoms with Gasteiger partial charge >= 0.3 is 0 Å². The quantitative estimate of drug-likeness (QED) is 0.634. The molecule has 0 spiro atoms. The summed E-state index contributed by atoms with van der Waals surface area (Å²) in [4.78, 5) is 0. The monoisotopic (exact) mass is 356 g/mol. The van der Waals surface area contributed by atoms with Gasteiger partial charge in [0.15, 0.2) is 0 Å². The topological polar surface area (TPSA) is 18.5 Å². The van der Waals surface area contributed by atoms with Crippen molar-refractivity contribution in [2.24, 2.45) is 0 Å². The number of thiol groups is 1. The SMILES string of the molecule is CC/C=C\C1=C(/C=C\COC)C(C)=C(C2=CC=CC(C)(S)C=C2)CO1. The zero-order chi connectivity index (χ0) is 18.3. The van der Waals surface area contributed by atoms with Crippen LogP contribution in [0.2, 0.25) is 0 Å². The number of allylic oxidation sites excluding steroid dienone is 8. The number of hydrogen-bond acceptors (Lipinski definition) is 3. The minimum absolute atomic E-state index is 0.228. The first kappa shape index (κ1) is 19.6. The lowest BCUT2D eigenvalue weighted by Crippen LogP contribution is -2.11. The van der Waals surface area contributed by atoms with Gasteiger partial charge in [-0.2, -0.15) is 12.6 Å². The molecule has 0 saturated heterocycles. The Morgan fingerprint density at radius 3 is 2.80 bits per heavy atom. The van der Waals surface area contributed by atoms with Crippen molar-refractivity contribution in [3.8, 4) is 0 Å². The van der Waals surface area contributed by atoms with Crippen LogP contribution in [-0.2, 0) is 9.47 Å². The maximum atomic E-state index is 6.08. The Morgan fingerprint density at radius 2 is 2.08 bits per heavy atom. The van der Waals surface area contributed by atoms with E-state index in [2.05, 4.69) is 82.0 Å². The summed E-state index contributed by atoms with van der Waals surface area (Å²) < 4.78 is 11.0. The fourth-order valence-corrected chi connectivity index (χ4v) is 2.89. The Bertz CT molecular complexity index is 698. The highest BCUT2D eigenvalue weighted by atomic mass is 32.1. The molecule has 0 fully saturated rings. The van der Waals surface area contributed by atoms with E-state index in [9.17, 15) is 0 Å². The number of ether oxygens (including phenoxy) is 2. The van der Waals surface area contributed by atoms with Crippen molar-refractivity contribution in [1.82, 2.24) is 0 Å². The molecule has 1 aliphatic carbocycles. The molecule has 0 saturated carbocycles. The molecule has 1 aliphatic heterocycles. The van der Waals surface area contributed by atoms with Gasteiger partial charge < -0.3 is 9.47 Å². The summed E-state index contributed by atoms with van der Waals surface area (Å²) in [7, 11) is 1.70. The Balaban J connectivity index is 2.43. The molecular formula is C22H28O2S. The lowest BCUT2D eigenvalue weighted by molar-refractivity contribution is 0.233. The second-order valence-electron chi connectivity index (χ2n) is 6.38. The molecule has 2 aliphatic rings. The van der Waals surface area contributed by atoms with Crippen molar-refractivity contribution in [3.05, 3.63) is 82.7 Å². The van der Waals surface area contributed by atoms with Crippen LogP contribution in [0.4, 0.5) is 0 Å². The molecule has 25 heavy (non-hydrogen) atoms. The van der Waals surface area contributed by atoms with E-state index in [-0.39, 0.29) is 4.75 Å². The summed E-state index contributed by atoms with van der Waals surface area (Å²) in [6.07, 6.45) is 19.8. The van der Waals surface area contributed by atoms with Gasteiger partial charge in [0.05, 0.1) is 6.61 Å². The first-order chi connectivity index (χ1) is 12.0. The molecule has 0 N–H and O–H groups in total. The highest BCUT2D eigenvalue weighted by Crippen LogP contribution is 2.33. The van der Waals surface area contributed by atoms with Crippen molar-refractivity contribution in [2.75, 3.05) is 20.3 Å². The fourth-order valence-electron chi connectivity index (χ4n) is 2.73. The van der Waals surface area contributed by atoms with Gasteiger partial charge in [-0.3, -0.25) is 0 Å². The van der Waals surface area contributed by atoms with E-state index < -0.39 is 0 Å². The molecule has 3 heteroatoms. The van der Waals surface area contributed by atoms with Crippen LogP contribution in [0.5, 0.6) is 0 Å². The lowest BCUT2D eigenvalue weighted by atomic mass is 9.92. The van der Waals surface area contributed by atoms with E-state index in [1.54, 1.807) is 7.11 Å². The molecule has 2 rings (SSSR count). The maximum Gasteiger partial charge on any atom is 0.126 e. The van der Waals surface area contributed by atoms with Crippen molar-refractivity contribution in [2.45, 2.75) is 31.9 Å². The second-order valence-corrected chi connectivity index (χ2v) is 7.34. The molecule has 1 unspecified atom stereocenters. The predicted molar refractivity (Wildman–Crippen MR) is 110 cm³/mol. The minimum Gasteiger partial charge on any atom is -0.488 e. The summed E-state index contributed by atoms with van der Waals surface area (Å²) in [6.45, 7) is 7.51. The summed E-state index contributed by atoms with van der Waals surface area (Å²) in [5, 5.41) is 0. The number of rotatable bonds is 6. The first-order valence-electron chi connectivity index (χ1n) is 8.69. The number of methoxy groups -OCH3 is 1. The van der Waals surface area contributed by atoms with Crippen LogP contribution < -0.4 is 0 Å². The Labute approximate surface area is 157 Å². The highest BCUT2D eigenvalue weighted by Gasteiger charge is 2.20. The summed E-state index contributed by atoms with van der Waals surface area (Å²) >= 11 is 4.64. The molecule has 0 bridgehead atoms. The Hall–Kier alpha value is -1.71. The van der Waals surface area contributed by atoms with Gasteiger partial charge in [0, 0.05) is 23.0 Å². The molecule has 1 heterocycles. The highest BCUT2D eigenvalue weighted by molar-refractivity contribution is 7.82. The maximum absolute atomic E-state index is 6.08. The van der Waals surface area contributed by atoms with Crippen LogP contribution in [-0.4, -0.2) is 25.1 Å². The first-order valence-corrected chi connectivity index (χ1v) is 9.14. The van der Waals surface area contributed by atoms with Crippen molar-refractivity contribution < 1.29 is 9.47 Å². The van der Waals surface area contributed by atoms with E-state index in [1.807, 2.05) is 6.08 Å². The summed E-state index contributed by atoms with van der Waals surface area (Å²) in [6, 6.07) is 0. The van der Waals surface area contributed by atoms with Gasteiger partial charge in [-0.1, -0.05) is 55.5 Å². The van der Waals surface area contributed by atoms with E-state index >= 15 is 0 Å². The molecule has 0 aromatic carbocycles. The van der Waals surface area contributed by atoms with E-state index in [4.69, 9.17) is 9.47 Å². The molecule has 2 nitrogen and oxygen atoms in total. The zero-order valence-electron chi connectivity index (χ0n) is 15.6. The zero-order valence-corrected chi connectivity index (χ0v) is 16.5. The van der Waals surface area contributed by atoms with Crippen molar-refractivity contribution >= 4 is 12.6 Å². The normalized spacial score (nSPS) is 24.3. The predicted octanol–water partition coefficient (Wildman–Crippen LogP) is 5.50. The molecular weight excluding hydrogens is 328 g/mol. The van der Waals surface area contributed by atoms with Crippen molar-refractivity contribution in [1.29, 1.82) is 0 Å². The van der Waals surface area contributed by atoms with Crippen molar-refractivity contribution in [3.63, 3.8) is 0 Å². The van der Waals surface area contributed by atoms with Crippen LogP contribution >= 0.6 is 12.6 Å². The van der Waals surface area contributed by atoms with Gasteiger partial charge in [0.2, 0.25) is 0 Å². The second kappa shape index (κ2) is 9.12. The lowest BCUT2D eigenvalue weighted by Gasteiger charge is -2.23.